The van der Waals surface area contributed by atoms with Gasteiger partial charge in [-0.25, -0.2) is 17.6 Å². The average molecular weight is 530 g/mol. The highest BCUT2D eigenvalue weighted by Crippen LogP contribution is 2.41. The van der Waals surface area contributed by atoms with Gasteiger partial charge < -0.3 is 19.7 Å². The van der Waals surface area contributed by atoms with E-state index in [1.54, 1.807) is 0 Å². The van der Waals surface area contributed by atoms with E-state index < -0.39 is 69.2 Å². The van der Waals surface area contributed by atoms with Crippen molar-refractivity contribution in [2.45, 2.75) is 51.4 Å². The highest BCUT2D eigenvalue weighted by Gasteiger charge is 2.35. The number of aliphatic hydroxyl groups excluding tert-OH is 2. The molecule has 2 N–H and O–H groups in total. The third-order valence-corrected chi connectivity index (χ3v) is 5.29. The molecule has 0 aliphatic rings. The number of rotatable bonds is 15. The molecule has 0 fully saturated rings. The third-order valence-electron chi connectivity index (χ3n) is 5.29. The zero-order chi connectivity index (χ0) is 26.8. The molecule has 0 aliphatic carbocycles. The monoisotopic (exact) mass is 530 g/mol. The fourth-order valence-corrected chi connectivity index (χ4v) is 3.40. The van der Waals surface area contributed by atoms with Crippen LogP contribution in [0.4, 0.5) is 35.1 Å². The van der Waals surface area contributed by atoms with Gasteiger partial charge in [0.05, 0.1) is 24.3 Å². The van der Waals surface area contributed by atoms with Crippen LogP contribution in [0.5, 0.6) is 11.5 Å². The molecule has 0 aromatic heterocycles. The van der Waals surface area contributed by atoms with Gasteiger partial charge >= 0.3 is 0 Å². The van der Waals surface area contributed by atoms with Crippen molar-refractivity contribution in [3.8, 4) is 22.6 Å². The van der Waals surface area contributed by atoms with E-state index in [4.69, 9.17) is 19.7 Å². The summed E-state index contributed by atoms with van der Waals surface area (Å²) in [5.74, 6) is -20.8. The van der Waals surface area contributed by atoms with Crippen LogP contribution in [0.3, 0.4) is 0 Å². The summed E-state index contributed by atoms with van der Waals surface area (Å²) in [5.41, 5.74) is -3.97. The van der Waals surface area contributed by atoms with Crippen LogP contribution in [0.25, 0.3) is 11.1 Å². The van der Waals surface area contributed by atoms with Crippen LogP contribution < -0.4 is 9.47 Å². The highest BCUT2D eigenvalue weighted by atomic mass is 19.2. The molecule has 0 heterocycles. The highest BCUT2D eigenvalue weighted by molar-refractivity contribution is 5.69. The zero-order valence-electron chi connectivity index (χ0n) is 19.2. The zero-order valence-corrected chi connectivity index (χ0v) is 19.2. The Kier molecular flexibility index (Phi) is 11.7. The molecule has 2 rings (SSSR count). The lowest BCUT2D eigenvalue weighted by atomic mass is 10.0. The van der Waals surface area contributed by atoms with Crippen molar-refractivity contribution in [2.24, 2.45) is 0 Å². The number of hydrogen-bond acceptors (Lipinski definition) is 4. The van der Waals surface area contributed by atoms with Crippen molar-refractivity contribution >= 4 is 0 Å². The quantitative estimate of drug-likeness (QED) is 0.161. The topological polar surface area (TPSA) is 58.9 Å². The normalized spacial score (nSPS) is 11.3. The lowest BCUT2D eigenvalue weighted by Crippen LogP contribution is -2.11. The molecule has 0 aliphatic heterocycles. The lowest BCUT2D eigenvalue weighted by molar-refractivity contribution is 0.255. The smallest absolute Gasteiger partial charge is 0.204 e. The summed E-state index contributed by atoms with van der Waals surface area (Å²) in [7, 11) is 0. The fraction of sp³-hybridized carbons (Fsp3) is 0.500. The largest absolute Gasteiger partial charge is 0.487 e. The van der Waals surface area contributed by atoms with Crippen molar-refractivity contribution in [1.82, 2.24) is 0 Å². The molecular formula is C24H26F8O4. The summed E-state index contributed by atoms with van der Waals surface area (Å²) in [6, 6.07) is 0. The molecule has 4 nitrogen and oxygen atoms in total. The van der Waals surface area contributed by atoms with Crippen LogP contribution >= 0.6 is 0 Å². The van der Waals surface area contributed by atoms with E-state index in [1.807, 2.05) is 0 Å². The minimum atomic E-state index is -2.31. The maximum Gasteiger partial charge on any atom is 0.204 e. The van der Waals surface area contributed by atoms with Crippen molar-refractivity contribution in [1.29, 1.82) is 0 Å². The number of halogens is 8. The predicted molar refractivity (Wildman–Crippen MR) is 114 cm³/mol. The Morgan fingerprint density at radius 3 is 0.944 bits per heavy atom. The van der Waals surface area contributed by atoms with Gasteiger partial charge in [-0.3, -0.25) is 0 Å². The van der Waals surface area contributed by atoms with Gasteiger partial charge in [-0.1, -0.05) is 12.8 Å². The minimum absolute atomic E-state index is 0.0607. The Morgan fingerprint density at radius 2 is 0.667 bits per heavy atom. The van der Waals surface area contributed by atoms with Gasteiger partial charge in [0.15, 0.2) is 34.8 Å². The van der Waals surface area contributed by atoms with E-state index in [2.05, 4.69) is 0 Å². The minimum Gasteiger partial charge on any atom is -0.487 e. The summed E-state index contributed by atoms with van der Waals surface area (Å²) in [4.78, 5) is 0. The van der Waals surface area contributed by atoms with Crippen LogP contribution in [0, 0.1) is 46.5 Å². The Balaban J connectivity index is 2.35. The molecule has 0 radical (unpaired) electrons. The third kappa shape index (κ3) is 6.78. The van der Waals surface area contributed by atoms with Crippen molar-refractivity contribution in [2.75, 3.05) is 26.4 Å². The second-order valence-electron chi connectivity index (χ2n) is 7.89. The van der Waals surface area contributed by atoms with Gasteiger partial charge in [-0.15, -0.1) is 0 Å². The van der Waals surface area contributed by atoms with Gasteiger partial charge in [-0.05, 0) is 38.5 Å². The number of hydrogen-bond donors (Lipinski definition) is 2. The second-order valence-corrected chi connectivity index (χ2v) is 7.89. The first-order chi connectivity index (χ1) is 17.2. The molecule has 0 saturated heterocycles. The summed E-state index contributed by atoms with van der Waals surface area (Å²) in [6.07, 6.45) is 3.44. The van der Waals surface area contributed by atoms with Crippen molar-refractivity contribution in [3.05, 3.63) is 46.5 Å². The molecule has 12 heteroatoms. The Bertz CT molecular complexity index is 893. The molecule has 36 heavy (non-hydrogen) atoms. The van der Waals surface area contributed by atoms with Crippen molar-refractivity contribution in [3.63, 3.8) is 0 Å². The van der Waals surface area contributed by atoms with Crippen LogP contribution in [0.1, 0.15) is 51.4 Å². The van der Waals surface area contributed by atoms with Gasteiger partial charge in [0.25, 0.3) is 0 Å². The van der Waals surface area contributed by atoms with Gasteiger partial charge in [0.2, 0.25) is 23.3 Å². The lowest BCUT2D eigenvalue weighted by Gasteiger charge is -2.16. The average Bonchev–Trinajstić information content (AvgIpc) is 2.86. The summed E-state index contributed by atoms with van der Waals surface area (Å²) in [5, 5.41) is 17.4. The molecule has 0 saturated carbocycles. The maximum atomic E-state index is 14.6. The SMILES string of the molecule is OCCCCCCOc1c(F)c(F)c(-c2c(F)c(F)c(OCCCCCCO)c(F)c2F)c(F)c1F. The summed E-state index contributed by atoms with van der Waals surface area (Å²) in [6.45, 7) is -0.852. The first kappa shape index (κ1) is 29.6. The summed E-state index contributed by atoms with van der Waals surface area (Å²) < 4.78 is 126. The molecule has 202 valence electrons. The molecule has 0 unspecified atom stereocenters. The first-order valence-corrected chi connectivity index (χ1v) is 11.4. The molecule has 2 aromatic carbocycles. The second kappa shape index (κ2) is 14.2. The van der Waals surface area contributed by atoms with E-state index in [0.29, 0.717) is 38.5 Å². The van der Waals surface area contributed by atoms with E-state index >= 15 is 0 Å². The van der Waals surface area contributed by atoms with E-state index in [-0.39, 0.29) is 39.3 Å². The fourth-order valence-electron chi connectivity index (χ4n) is 3.40. The van der Waals surface area contributed by atoms with Crippen LogP contribution in [-0.4, -0.2) is 36.6 Å². The molecular weight excluding hydrogens is 504 g/mol. The standard InChI is InChI=1S/C24H26F8O4/c25-15-13(16(26)20(30)23(19(15)29)35-11-7-3-1-5-9-33)14-17(27)21(31)24(22(32)18(14)28)36-12-8-4-2-6-10-34/h33-34H,1-12H2. The van der Waals surface area contributed by atoms with Crippen LogP contribution in [0.15, 0.2) is 0 Å². The first-order valence-electron chi connectivity index (χ1n) is 11.4. The Labute approximate surface area is 202 Å². The predicted octanol–water partition coefficient (Wildman–Crippen LogP) is 6.33. The number of unbranched alkanes of at least 4 members (excludes halogenated alkanes) is 6. The molecule has 0 spiro atoms. The Morgan fingerprint density at radius 1 is 0.389 bits per heavy atom. The Hall–Kier alpha value is -2.60. The van der Waals surface area contributed by atoms with Gasteiger partial charge in [0.1, 0.15) is 0 Å². The van der Waals surface area contributed by atoms with E-state index in [0.717, 1.165) is 0 Å². The molecule has 0 bridgehead atoms. The van der Waals surface area contributed by atoms with Crippen LogP contribution in [-0.2, 0) is 0 Å². The molecule has 0 amide bonds. The molecule has 2 aromatic rings. The molecule has 0 atom stereocenters. The number of aliphatic hydroxyl groups is 2. The van der Waals surface area contributed by atoms with Crippen molar-refractivity contribution < 1.29 is 54.8 Å². The number of ether oxygens (including phenoxy) is 2. The van der Waals surface area contributed by atoms with Gasteiger partial charge in [-0.2, -0.15) is 17.6 Å². The van der Waals surface area contributed by atoms with E-state index in [1.165, 1.54) is 0 Å². The van der Waals surface area contributed by atoms with E-state index in [9.17, 15) is 35.1 Å². The number of benzene rings is 2. The maximum absolute atomic E-state index is 14.6. The summed E-state index contributed by atoms with van der Waals surface area (Å²) >= 11 is 0. The van der Waals surface area contributed by atoms with Gasteiger partial charge in [0, 0.05) is 13.2 Å². The van der Waals surface area contributed by atoms with Crippen LogP contribution in [0.2, 0.25) is 0 Å².